The van der Waals surface area contributed by atoms with Gasteiger partial charge in [-0.15, -0.1) is 0 Å². The van der Waals surface area contributed by atoms with Crippen LogP contribution in [0.25, 0.3) is 0 Å². The highest BCUT2D eigenvalue weighted by Crippen LogP contribution is 2.44. The molecule has 1 N–H and O–H groups in total. The lowest BCUT2D eigenvalue weighted by atomic mass is 9.84. The minimum Gasteiger partial charge on any atom is -0.365 e. The minimum atomic E-state index is -0.565. The van der Waals surface area contributed by atoms with E-state index in [0.29, 0.717) is 25.1 Å². The van der Waals surface area contributed by atoms with Crippen LogP contribution < -0.4 is 5.32 Å². The number of nitrogens with zero attached hydrogens (tertiary/aromatic N) is 2. The molecule has 0 radical (unpaired) electrons. The summed E-state index contributed by atoms with van der Waals surface area (Å²) in [7, 11) is 0. The molecule has 1 spiro atoms. The number of carbonyl (C=O) groups excluding carboxylic acids is 3. The zero-order valence-electron chi connectivity index (χ0n) is 21.6. The summed E-state index contributed by atoms with van der Waals surface area (Å²) in [6, 6.07) is 11.5. The summed E-state index contributed by atoms with van der Waals surface area (Å²) in [6.45, 7) is 4.30. The molecule has 7 nitrogen and oxygen atoms in total. The van der Waals surface area contributed by atoms with Crippen LogP contribution in [0.3, 0.4) is 0 Å². The molecule has 1 atom stereocenters. The number of piperidine rings is 2. The predicted octanol–water partition coefficient (Wildman–Crippen LogP) is 4.34. The number of ether oxygens (including phenoxy) is 1. The van der Waals surface area contributed by atoms with Crippen LogP contribution in [-0.2, 0) is 39.5 Å². The first-order chi connectivity index (χ1) is 18.4. The van der Waals surface area contributed by atoms with Gasteiger partial charge < -0.3 is 14.5 Å². The Balaban J connectivity index is 0.971. The first-order valence-corrected chi connectivity index (χ1v) is 14.2. The molecule has 2 fully saturated rings. The summed E-state index contributed by atoms with van der Waals surface area (Å²) in [5.41, 5.74) is 5.37. The molecule has 3 amide bonds. The number of nitrogens with one attached hydrogen (secondary N) is 1. The lowest BCUT2D eigenvalue weighted by Crippen LogP contribution is -2.52. The first kappa shape index (κ1) is 25.5. The third-order valence-electron chi connectivity index (χ3n) is 8.83. The van der Waals surface area contributed by atoms with Crippen molar-refractivity contribution >= 4 is 29.3 Å². The van der Waals surface area contributed by atoms with E-state index < -0.39 is 6.04 Å². The van der Waals surface area contributed by atoms with E-state index >= 15 is 0 Å². The van der Waals surface area contributed by atoms with Gasteiger partial charge in [0.1, 0.15) is 6.04 Å². The summed E-state index contributed by atoms with van der Waals surface area (Å²) in [4.78, 5) is 41.1. The number of rotatable bonds is 7. The highest BCUT2D eigenvalue weighted by molar-refractivity contribution is 6.30. The number of aryl methyl sites for hydroxylation is 1. The molecule has 200 valence electrons. The number of imide groups is 1. The third kappa shape index (κ3) is 4.76. The van der Waals surface area contributed by atoms with Gasteiger partial charge >= 0.3 is 0 Å². The number of amides is 3. The summed E-state index contributed by atoms with van der Waals surface area (Å²) >= 11 is 6.17. The maximum atomic E-state index is 13.0. The second-order valence-electron chi connectivity index (χ2n) is 11.1. The molecule has 2 aromatic carbocycles. The van der Waals surface area contributed by atoms with Crippen molar-refractivity contribution < 1.29 is 19.1 Å². The Morgan fingerprint density at radius 2 is 1.89 bits per heavy atom. The van der Waals surface area contributed by atoms with Crippen LogP contribution in [0, 0.1) is 0 Å². The summed E-state index contributed by atoms with van der Waals surface area (Å²) in [5.74, 6) is -0.723. The van der Waals surface area contributed by atoms with Crippen molar-refractivity contribution in [2.75, 3.05) is 19.6 Å². The Bertz CT molecular complexity index is 1270. The van der Waals surface area contributed by atoms with Crippen molar-refractivity contribution in [2.45, 2.75) is 76.2 Å². The number of carbonyl (C=O) groups is 3. The van der Waals surface area contributed by atoms with Gasteiger partial charge in [-0.3, -0.25) is 19.7 Å². The van der Waals surface area contributed by atoms with Gasteiger partial charge in [0.05, 0.1) is 12.2 Å². The molecule has 4 heterocycles. The molecular weight excluding hydrogens is 502 g/mol. The Morgan fingerprint density at radius 3 is 2.71 bits per heavy atom. The van der Waals surface area contributed by atoms with Crippen LogP contribution in [-0.4, -0.2) is 53.2 Å². The van der Waals surface area contributed by atoms with Crippen molar-refractivity contribution in [1.82, 2.24) is 15.1 Å². The van der Waals surface area contributed by atoms with Crippen molar-refractivity contribution in [3.63, 3.8) is 0 Å². The van der Waals surface area contributed by atoms with Gasteiger partial charge in [0.2, 0.25) is 11.8 Å². The number of benzene rings is 2. The summed E-state index contributed by atoms with van der Waals surface area (Å²) in [6.07, 6.45) is 6.99. The van der Waals surface area contributed by atoms with Gasteiger partial charge in [0.25, 0.3) is 5.91 Å². The molecule has 6 rings (SSSR count). The molecule has 0 aliphatic carbocycles. The molecule has 4 aliphatic heterocycles. The Kier molecular flexibility index (Phi) is 7.01. The quantitative estimate of drug-likeness (QED) is 0.421. The highest BCUT2D eigenvalue weighted by atomic mass is 35.5. The normalized spacial score (nSPS) is 22.6. The van der Waals surface area contributed by atoms with Crippen molar-refractivity contribution in [3.05, 3.63) is 69.2 Å². The summed E-state index contributed by atoms with van der Waals surface area (Å²) in [5, 5.41) is 3.15. The Morgan fingerprint density at radius 1 is 1.05 bits per heavy atom. The molecule has 8 heteroatoms. The number of likely N-dealkylation sites (tertiary alicyclic amines) is 1. The lowest BCUT2D eigenvalue weighted by molar-refractivity contribution is -0.136. The predicted molar refractivity (Wildman–Crippen MR) is 144 cm³/mol. The van der Waals surface area contributed by atoms with E-state index in [9.17, 15) is 14.4 Å². The largest absolute Gasteiger partial charge is 0.365 e. The van der Waals surface area contributed by atoms with Gasteiger partial charge in [0, 0.05) is 36.6 Å². The van der Waals surface area contributed by atoms with Gasteiger partial charge in [-0.1, -0.05) is 36.2 Å². The van der Waals surface area contributed by atoms with E-state index in [2.05, 4.69) is 22.3 Å². The van der Waals surface area contributed by atoms with E-state index in [4.69, 9.17) is 16.3 Å². The molecule has 1 unspecified atom stereocenters. The number of unbranched alkanes of at least 4 members (excludes halogenated alkanes) is 2. The SMILES string of the molecule is O=C1CCC(N2Cc3c(CCCCCN4CCC5(CC4)OCc4cc(Cl)ccc45)cccc3C2=O)C(=O)N1. The fraction of sp³-hybridized carbons (Fsp3) is 0.500. The Labute approximate surface area is 228 Å². The zero-order chi connectivity index (χ0) is 26.3. The molecule has 4 aliphatic rings. The van der Waals surface area contributed by atoms with Gasteiger partial charge in [-0.05, 0) is 85.5 Å². The van der Waals surface area contributed by atoms with E-state index in [-0.39, 0.29) is 29.7 Å². The number of fused-ring (bicyclic) bond motifs is 3. The fourth-order valence-electron chi connectivity index (χ4n) is 6.68. The second-order valence-corrected chi connectivity index (χ2v) is 11.5. The van der Waals surface area contributed by atoms with Gasteiger partial charge in [-0.2, -0.15) is 0 Å². The standard InChI is InChI=1S/C30H34ClN3O4/c31-22-8-9-25-21(17-22)19-38-30(25)12-15-33(16-13-30)14-3-1-2-5-20-6-4-7-23-24(20)18-34(29(23)37)26-10-11-27(35)32-28(26)36/h4,6-9,17,26H,1-3,5,10-16,18-19H2,(H,32,35,36). The number of halogens is 1. The average Bonchev–Trinajstić information content (AvgIpc) is 3.43. The Hall–Kier alpha value is -2.74. The van der Waals surface area contributed by atoms with Crippen molar-refractivity contribution in [3.8, 4) is 0 Å². The van der Waals surface area contributed by atoms with Crippen LogP contribution in [0.15, 0.2) is 36.4 Å². The molecule has 0 saturated carbocycles. The first-order valence-electron chi connectivity index (χ1n) is 13.8. The maximum absolute atomic E-state index is 13.0. The van der Waals surface area contributed by atoms with Crippen LogP contribution in [0.1, 0.15) is 77.6 Å². The smallest absolute Gasteiger partial charge is 0.255 e. The average molecular weight is 536 g/mol. The van der Waals surface area contributed by atoms with Gasteiger partial charge in [0.15, 0.2) is 0 Å². The molecular formula is C30H34ClN3O4. The molecule has 0 aromatic heterocycles. The zero-order valence-corrected chi connectivity index (χ0v) is 22.4. The van der Waals surface area contributed by atoms with E-state index in [1.54, 1.807) is 4.90 Å². The van der Waals surface area contributed by atoms with Crippen LogP contribution >= 0.6 is 11.6 Å². The minimum absolute atomic E-state index is 0.101. The molecule has 2 saturated heterocycles. The molecule has 2 aromatic rings. The van der Waals surface area contributed by atoms with Crippen molar-refractivity contribution in [2.24, 2.45) is 0 Å². The molecule has 38 heavy (non-hydrogen) atoms. The van der Waals surface area contributed by atoms with Crippen molar-refractivity contribution in [1.29, 1.82) is 0 Å². The number of hydrogen-bond acceptors (Lipinski definition) is 5. The number of hydrogen-bond donors (Lipinski definition) is 1. The van der Waals surface area contributed by atoms with Gasteiger partial charge in [-0.25, -0.2) is 0 Å². The molecule has 0 bridgehead atoms. The fourth-order valence-corrected chi connectivity index (χ4v) is 6.88. The highest BCUT2D eigenvalue weighted by Gasteiger charge is 2.42. The third-order valence-corrected chi connectivity index (χ3v) is 9.06. The van der Waals surface area contributed by atoms with Crippen LogP contribution in [0.5, 0.6) is 0 Å². The monoisotopic (exact) mass is 535 g/mol. The summed E-state index contributed by atoms with van der Waals surface area (Å²) < 4.78 is 6.30. The van der Waals surface area contributed by atoms with Crippen LogP contribution in [0.2, 0.25) is 5.02 Å². The van der Waals surface area contributed by atoms with Crippen LogP contribution in [0.4, 0.5) is 0 Å². The van der Waals surface area contributed by atoms with E-state index in [1.807, 2.05) is 24.3 Å². The lowest BCUT2D eigenvalue weighted by Gasteiger charge is -2.39. The second kappa shape index (κ2) is 10.4. The topological polar surface area (TPSA) is 79.0 Å². The van der Waals surface area contributed by atoms with E-state index in [0.717, 1.165) is 68.7 Å². The van der Waals surface area contributed by atoms with E-state index in [1.165, 1.54) is 16.7 Å². The maximum Gasteiger partial charge on any atom is 0.255 e.